The fourth-order valence-corrected chi connectivity index (χ4v) is 2.84. The summed E-state index contributed by atoms with van der Waals surface area (Å²) >= 11 is 0. The Morgan fingerprint density at radius 2 is 1.94 bits per heavy atom. The third kappa shape index (κ3) is 2.76. The fourth-order valence-electron chi connectivity index (χ4n) is 1.62. The van der Waals surface area contributed by atoms with Gasteiger partial charge in [0.2, 0.25) is 0 Å². The summed E-state index contributed by atoms with van der Waals surface area (Å²) in [7, 11) is -3.39. The second-order valence-corrected chi connectivity index (χ2v) is 6.05. The molecule has 0 aliphatic heterocycles. The van der Waals surface area contributed by atoms with E-state index in [0.29, 0.717) is 6.54 Å². The largest absolute Gasteiger partial charge is 0.334 e. The average Bonchev–Trinajstić information content (AvgIpc) is 2.73. The highest BCUT2D eigenvalue weighted by Gasteiger charge is 2.14. The van der Waals surface area contributed by atoms with Gasteiger partial charge in [-0.25, -0.2) is 17.8 Å². The van der Waals surface area contributed by atoms with Crippen LogP contribution in [0.2, 0.25) is 0 Å². The normalized spacial score (nSPS) is 11.7. The standard InChI is InChI=1S/C12H13FN2O2S/c1-10-14-6-7-15(10)8-9-18(16,17)12-4-2-11(13)3-5-12/h2-7H,8-9H2,1H3. The van der Waals surface area contributed by atoms with Gasteiger partial charge in [0.25, 0.3) is 0 Å². The molecule has 0 saturated heterocycles. The lowest BCUT2D eigenvalue weighted by molar-refractivity contribution is 0.586. The molecule has 1 heterocycles. The van der Waals surface area contributed by atoms with Crippen LogP contribution < -0.4 is 0 Å². The zero-order chi connectivity index (χ0) is 13.2. The zero-order valence-electron chi connectivity index (χ0n) is 9.88. The molecule has 18 heavy (non-hydrogen) atoms. The number of sulfone groups is 1. The molecule has 2 rings (SSSR count). The molecule has 6 heteroatoms. The highest BCUT2D eigenvalue weighted by Crippen LogP contribution is 2.12. The van der Waals surface area contributed by atoms with Crippen molar-refractivity contribution in [1.82, 2.24) is 9.55 Å². The summed E-state index contributed by atoms with van der Waals surface area (Å²) in [4.78, 5) is 4.16. The van der Waals surface area contributed by atoms with E-state index < -0.39 is 15.7 Å². The number of hydrogen-bond donors (Lipinski definition) is 0. The maximum Gasteiger partial charge on any atom is 0.180 e. The van der Waals surface area contributed by atoms with E-state index in [-0.39, 0.29) is 10.6 Å². The van der Waals surface area contributed by atoms with Crippen molar-refractivity contribution < 1.29 is 12.8 Å². The van der Waals surface area contributed by atoms with Gasteiger partial charge in [-0.3, -0.25) is 0 Å². The summed E-state index contributed by atoms with van der Waals surface area (Å²) < 4.78 is 38.5. The highest BCUT2D eigenvalue weighted by atomic mass is 32.2. The molecule has 0 amide bonds. The van der Waals surface area contributed by atoms with Crippen molar-refractivity contribution in [2.45, 2.75) is 18.4 Å². The maximum absolute atomic E-state index is 12.7. The first-order valence-corrected chi connectivity index (χ1v) is 7.10. The summed E-state index contributed by atoms with van der Waals surface area (Å²) in [6.07, 6.45) is 3.36. The van der Waals surface area contributed by atoms with E-state index in [1.807, 2.05) is 6.92 Å². The lowest BCUT2D eigenvalue weighted by atomic mass is 10.4. The zero-order valence-corrected chi connectivity index (χ0v) is 10.7. The summed E-state index contributed by atoms with van der Waals surface area (Å²) in [5, 5.41) is 0. The highest BCUT2D eigenvalue weighted by molar-refractivity contribution is 7.91. The predicted octanol–water partition coefficient (Wildman–Crippen LogP) is 1.80. The van der Waals surface area contributed by atoms with Gasteiger partial charge in [-0.1, -0.05) is 0 Å². The van der Waals surface area contributed by atoms with Gasteiger partial charge in [-0.05, 0) is 31.2 Å². The lowest BCUT2D eigenvalue weighted by Crippen LogP contribution is -2.13. The van der Waals surface area contributed by atoms with Crippen molar-refractivity contribution in [2.75, 3.05) is 5.75 Å². The van der Waals surface area contributed by atoms with E-state index in [1.165, 1.54) is 12.1 Å². The number of benzene rings is 1. The van der Waals surface area contributed by atoms with E-state index in [4.69, 9.17) is 0 Å². The van der Waals surface area contributed by atoms with Crippen molar-refractivity contribution in [1.29, 1.82) is 0 Å². The summed E-state index contributed by atoms with van der Waals surface area (Å²) in [6, 6.07) is 4.86. The molecule has 0 fully saturated rings. The van der Waals surface area contributed by atoms with E-state index >= 15 is 0 Å². The monoisotopic (exact) mass is 268 g/mol. The number of rotatable bonds is 4. The minimum absolute atomic E-state index is 0.0319. The van der Waals surface area contributed by atoms with Gasteiger partial charge in [0.1, 0.15) is 11.6 Å². The van der Waals surface area contributed by atoms with Crippen LogP contribution in [-0.4, -0.2) is 23.7 Å². The number of aromatic nitrogens is 2. The Balaban J connectivity index is 2.13. The number of aryl methyl sites for hydroxylation is 2. The molecule has 0 unspecified atom stereocenters. The molecule has 96 valence electrons. The first kappa shape index (κ1) is 12.8. The van der Waals surface area contributed by atoms with Crippen LogP contribution >= 0.6 is 0 Å². The molecule has 4 nitrogen and oxygen atoms in total. The van der Waals surface area contributed by atoms with Gasteiger partial charge in [0.15, 0.2) is 9.84 Å². The summed E-state index contributed by atoms with van der Waals surface area (Å²) in [5.41, 5.74) is 0. The van der Waals surface area contributed by atoms with E-state index in [9.17, 15) is 12.8 Å². The molecule has 0 aliphatic carbocycles. The van der Waals surface area contributed by atoms with Crippen LogP contribution in [-0.2, 0) is 16.4 Å². The van der Waals surface area contributed by atoms with Gasteiger partial charge in [0.05, 0.1) is 10.6 Å². The molecule has 0 spiro atoms. The first-order valence-electron chi connectivity index (χ1n) is 5.45. The number of hydrogen-bond acceptors (Lipinski definition) is 3. The Hall–Kier alpha value is -1.69. The SMILES string of the molecule is Cc1nccn1CCS(=O)(=O)c1ccc(F)cc1. The number of halogens is 1. The van der Waals surface area contributed by atoms with Gasteiger partial charge >= 0.3 is 0 Å². The van der Waals surface area contributed by atoms with Crippen molar-refractivity contribution in [3.63, 3.8) is 0 Å². The molecule has 0 bridgehead atoms. The topological polar surface area (TPSA) is 52.0 Å². The first-order chi connectivity index (χ1) is 8.49. The van der Waals surface area contributed by atoms with Crippen LogP contribution in [0.1, 0.15) is 5.82 Å². The molecule has 0 saturated carbocycles. The summed E-state index contributed by atoms with van der Waals surface area (Å²) in [6.45, 7) is 2.15. The minimum Gasteiger partial charge on any atom is -0.334 e. The average molecular weight is 268 g/mol. The summed E-state index contributed by atoms with van der Waals surface area (Å²) in [5.74, 6) is 0.291. The number of imidazole rings is 1. The van der Waals surface area contributed by atoms with Crippen LogP contribution in [0, 0.1) is 12.7 Å². The van der Waals surface area contributed by atoms with Crippen molar-refractivity contribution >= 4 is 9.84 Å². The smallest absolute Gasteiger partial charge is 0.180 e. The van der Waals surface area contributed by atoms with Gasteiger partial charge in [-0.15, -0.1) is 0 Å². The van der Waals surface area contributed by atoms with Crippen LogP contribution in [0.15, 0.2) is 41.6 Å². The second kappa shape index (κ2) is 4.89. The van der Waals surface area contributed by atoms with Gasteiger partial charge in [-0.2, -0.15) is 0 Å². The minimum atomic E-state index is -3.39. The molecule has 2 aromatic rings. The van der Waals surface area contributed by atoms with Crippen LogP contribution in [0.5, 0.6) is 0 Å². The molecular formula is C12H13FN2O2S. The van der Waals surface area contributed by atoms with E-state index in [0.717, 1.165) is 18.0 Å². The molecule has 1 aromatic heterocycles. The van der Waals surface area contributed by atoms with Gasteiger partial charge < -0.3 is 4.57 Å². The molecule has 0 atom stereocenters. The molecule has 0 radical (unpaired) electrons. The molecule has 0 N–H and O–H groups in total. The molecule has 0 aliphatic rings. The maximum atomic E-state index is 12.7. The Bertz CT molecular complexity index is 632. The Morgan fingerprint density at radius 1 is 1.28 bits per heavy atom. The second-order valence-electron chi connectivity index (χ2n) is 3.94. The molecule has 1 aromatic carbocycles. The van der Waals surface area contributed by atoms with Crippen molar-refractivity contribution in [3.05, 3.63) is 48.3 Å². The Kier molecular flexibility index (Phi) is 3.47. The molecular weight excluding hydrogens is 255 g/mol. The fraction of sp³-hybridized carbons (Fsp3) is 0.250. The van der Waals surface area contributed by atoms with Crippen LogP contribution in [0.3, 0.4) is 0 Å². The van der Waals surface area contributed by atoms with Crippen molar-refractivity contribution in [2.24, 2.45) is 0 Å². The Labute approximate surface area is 105 Å². The van der Waals surface area contributed by atoms with E-state index in [2.05, 4.69) is 4.98 Å². The van der Waals surface area contributed by atoms with Crippen LogP contribution in [0.25, 0.3) is 0 Å². The van der Waals surface area contributed by atoms with E-state index in [1.54, 1.807) is 17.0 Å². The van der Waals surface area contributed by atoms with Crippen molar-refractivity contribution in [3.8, 4) is 0 Å². The Morgan fingerprint density at radius 3 is 2.50 bits per heavy atom. The lowest BCUT2D eigenvalue weighted by Gasteiger charge is -2.06. The number of nitrogens with zero attached hydrogens (tertiary/aromatic N) is 2. The third-order valence-electron chi connectivity index (χ3n) is 2.70. The quantitative estimate of drug-likeness (QED) is 0.795. The predicted molar refractivity (Wildman–Crippen MR) is 65.4 cm³/mol. The van der Waals surface area contributed by atoms with Gasteiger partial charge in [0, 0.05) is 18.9 Å². The third-order valence-corrected chi connectivity index (χ3v) is 4.41. The van der Waals surface area contributed by atoms with Crippen LogP contribution in [0.4, 0.5) is 4.39 Å².